The molecule has 0 spiro atoms. The zero-order chi connectivity index (χ0) is 8.32. The number of nitrogens with two attached hydrogens (primary N) is 1. The molecule has 1 aliphatic rings. The van der Waals surface area contributed by atoms with Gasteiger partial charge < -0.3 is 4.74 Å². The number of hydrogen-bond acceptors (Lipinski definition) is 3. The van der Waals surface area contributed by atoms with E-state index >= 15 is 0 Å². The lowest BCUT2D eigenvalue weighted by molar-refractivity contribution is -0.0171. The zero-order valence-electron chi connectivity index (χ0n) is 7.30. The van der Waals surface area contributed by atoms with Crippen molar-refractivity contribution >= 4 is 0 Å². The van der Waals surface area contributed by atoms with E-state index in [2.05, 4.69) is 6.92 Å². The summed E-state index contributed by atoms with van der Waals surface area (Å²) < 4.78 is 4.96. The largest absolute Gasteiger partial charge is 0.382 e. The molecule has 3 nitrogen and oxygen atoms in total. The van der Waals surface area contributed by atoms with Gasteiger partial charge in [0.1, 0.15) is 6.10 Å². The maximum Gasteiger partial charge on any atom is 0.102 e. The van der Waals surface area contributed by atoms with Crippen LogP contribution >= 0.6 is 0 Å². The minimum absolute atomic E-state index is 0.0764. The van der Waals surface area contributed by atoms with Crippen LogP contribution in [-0.4, -0.2) is 19.8 Å². The normalized spacial score (nSPS) is 23.2. The van der Waals surface area contributed by atoms with Crippen molar-refractivity contribution in [1.82, 2.24) is 0 Å². The van der Waals surface area contributed by atoms with Crippen molar-refractivity contribution < 1.29 is 9.57 Å². The lowest BCUT2D eigenvalue weighted by Crippen LogP contribution is -2.25. The summed E-state index contributed by atoms with van der Waals surface area (Å²) in [5.74, 6) is 5.11. The van der Waals surface area contributed by atoms with Gasteiger partial charge in [0, 0.05) is 7.11 Å². The van der Waals surface area contributed by atoms with Crippen molar-refractivity contribution in [2.45, 2.75) is 32.3 Å². The Morgan fingerprint density at radius 1 is 1.55 bits per heavy atom. The maximum absolute atomic E-state index is 5.11. The van der Waals surface area contributed by atoms with Gasteiger partial charge in [0.25, 0.3) is 0 Å². The Morgan fingerprint density at radius 2 is 2.18 bits per heavy atom. The zero-order valence-corrected chi connectivity index (χ0v) is 7.30. The topological polar surface area (TPSA) is 44.5 Å². The second kappa shape index (κ2) is 3.52. The SMILES string of the molecule is COC[C@H](CC1(C)CC1)ON. The minimum Gasteiger partial charge on any atom is -0.382 e. The third-order valence-corrected chi connectivity index (χ3v) is 2.37. The predicted octanol–water partition coefficient (Wildman–Crippen LogP) is 1.08. The van der Waals surface area contributed by atoms with E-state index in [0.717, 1.165) is 6.42 Å². The van der Waals surface area contributed by atoms with E-state index in [0.29, 0.717) is 12.0 Å². The highest BCUT2D eigenvalue weighted by Crippen LogP contribution is 2.49. The third kappa shape index (κ3) is 2.77. The number of hydrogen-bond donors (Lipinski definition) is 1. The Kier molecular flexibility index (Phi) is 2.87. The fourth-order valence-electron chi connectivity index (χ4n) is 1.30. The Bertz CT molecular complexity index is 123. The van der Waals surface area contributed by atoms with Crippen LogP contribution in [0.5, 0.6) is 0 Å². The van der Waals surface area contributed by atoms with E-state index in [1.165, 1.54) is 12.8 Å². The molecule has 0 unspecified atom stereocenters. The molecule has 0 bridgehead atoms. The molecule has 1 atom stereocenters. The summed E-state index contributed by atoms with van der Waals surface area (Å²) in [6.07, 6.45) is 3.71. The monoisotopic (exact) mass is 159 g/mol. The van der Waals surface area contributed by atoms with Gasteiger partial charge in [0.2, 0.25) is 0 Å². The van der Waals surface area contributed by atoms with Gasteiger partial charge in [-0.15, -0.1) is 0 Å². The van der Waals surface area contributed by atoms with Crippen molar-refractivity contribution in [2.75, 3.05) is 13.7 Å². The van der Waals surface area contributed by atoms with Crippen LogP contribution in [0.2, 0.25) is 0 Å². The summed E-state index contributed by atoms with van der Waals surface area (Å²) in [6, 6.07) is 0. The van der Waals surface area contributed by atoms with Crippen LogP contribution in [0.15, 0.2) is 0 Å². The Hall–Kier alpha value is -0.120. The first kappa shape index (κ1) is 8.97. The molecule has 1 aliphatic carbocycles. The molecule has 1 fully saturated rings. The molecule has 2 N–H and O–H groups in total. The highest BCUT2D eigenvalue weighted by atomic mass is 16.6. The second-order valence-corrected chi connectivity index (χ2v) is 3.73. The van der Waals surface area contributed by atoms with Crippen LogP contribution in [0.1, 0.15) is 26.2 Å². The number of ether oxygens (including phenoxy) is 1. The molecule has 0 saturated heterocycles. The van der Waals surface area contributed by atoms with Gasteiger partial charge in [0.05, 0.1) is 6.61 Å². The predicted molar refractivity (Wildman–Crippen MR) is 42.9 cm³/mol. The van der Waals surface area contributed by atoms with E-state index in [1.54, 1.807) is 7.11 Å². The van der Waals surface area contributed by atoms with Crippen molar-refractivity contribution in [3.05, 3.63) is 0 Å². The first-order chi connectivity index (χ1) is 5.20. The van der Waals surface area contributed by atoms with Gasteiger partial charge in [-0.25, -0.2) is 5.90 Å². The molecule has 3 heteroatoms. The van der Waals surface area contributed by atoms with Gasteiger partial charge >= 0.3 is 0 Å². The van der Waals surface area contributed by atoms with E-state index in [9.17, 15) is 0 Å². The molecule has 1 rings (SSSR count). The molecule has 0 aromatic heterocycles. The van der Waals surface area contributed by atoms with E-state index in [4.69, 9.17) is 15.5 Å². The van der Waals surface area contributed by atoms with Crippen molar-refractivity contribution in [3.8, 4) is 0 Å². The Labute approximate surface area is 67.8 Å². The van der Waals surface area contributed by atoms with E-state index in [1.807, 2.05) is 0 Å². The van der Waals surface area contributed by atoms with Gasteiger partial charge in [-0.1, -0.05) is 6.92 Å². The van der Waals surface area contributed by atoms with Crippen LogP contribution < -0.4 is 5.90 Å². The molecule has 0 aliphatic heterocycles. The molecule has 1 saturated carbocycles. The standard InChI is InChI=1S/C8H17NO2/c1-8(3-4-8)5-7(11-9)6-10-2/h7H,3-6,9H2,1-2H3/t7-/m0/s1. The van der Waals surface area contributed by atoms with E-state index in [-0.39, 0.29) is 6.10 Å². The molecule has 0 heterocycles. The molecule has 66 valence electrons. The van der Waals surface area contributed by atoms with Crippen LogP contribution in [0.4, 0.5) is 0 Å². The molecular formula is C8H17NO2. The van der Waals surface area contributed by atoms with E-state index < -0.39 is 0 Å². The highest BCUT2D eigenvalue weighted by Gasteiger charge is 2.39. The first-order valence-corrected chi connectivity index (χ1v) is 4.05. The fraction of sp³-hybridized carbons (Fsp3) is 1.00. The van der Waals surface area contributed by atoms with Gasteiger partial charge in [-0.3, -0.25) is 4.84 Å². The van der Waals surface area contributed by atoms with Gasteiger partial charge in [0.15, 0.2) is 0 Å². The molecule has 11 heavy (non-hydrogen) atoms. The summed E-state index contributed by atoms with van der Waals surface area (Å²) in [4.78, 5) is 4.78. The summed E-state index contributed by atoms with van der Waals surface area (Å²) in [5, 5.41) is 0. The molecule has 0 radical (unpaired) electrons. The van der Waals surface area contributed by atoms with Crippen molar-refractivity contribution in [1.29, 1.82) is 0 Å². The van der Waals surface area contributed by atoms with Gasteiger partial charge in [-0.05, 0) is 24.7 Å². The molecule has 0 amide bonds. The lowest BCUT2D eigenvalue weighted by Gasteiger charge is -2.16. The minimum atomic E-state index is 0.0764. The molecule has 0 aromatic carbocycles. The Balaban J connectivity index is 2.20. The lowest BCUT2D eigenvalue weighted by atomic mass is 10.0. The summed E-state index contributed by atoms with van der Waals surface area (Å²) in [5.41, 5.74) is 0.489. The van der Waals surface area contributed by atoms with Crippen molar-refractivity contribution in [3.63, 3.8) is 0 Å². The van der Waals surface area contributed by atoms with Crippen LogP contribution in [0.3, 0.4) is 0 Å². The summed E-state index contributed by atoms with van der Waals surface area (Å²) >= 11 is 0. The number of methoxy groups -OCH3 is 1. The average Bonchev–Trinajstić information content (AvgIpc) is 2.68. The average molecular weight is 159 g/mol. The Morgan fingerprint density at radius 3 is 2.55 bits per heavy atom. The molecular weight excluding hydrogens is 142 g/mol. The van der Waals surface area contributed by atoms with Crippen molar-refractivity contribution in [2.24, 2.45) is 11.3 Å². The fourth-order valence-corrected chi connectivity index (χ4v) is 1.30. The second-order valence-electron chi connectivity index (χ2n) is 3.73. The summed E-state index contributed by atoms with van der Waals surface area (Å²) in [6.45, 7) is 2.86. The quantitative estimate of drug-likeness (QED) is 0.610. The molecule has 0 aromatic rings. The first-order valence-electron chi connectivity index (χ1n) is 4.05. The van der Waals surface area contributed by atoms with Crippen LogP contribution in [0, 0.1) is 5.41 Å². The smallest absolute Gasteiger partial charge is 0.102 e. The third-order valence-electron chi connectivity index (χ3n) is 2.37. The van der Waals surface area contributed by atoms with Crippen LogP contribution in [-0.2, 0) is 9.57 Å². The van der Waals surface area contributed by atoms with Crippen LogP contribution in [0.25, 0.3) is 0 Å². The number of rotatable bonds is 5. The van der Waals surface area contributed by atoms with Gasteiger partial charge in [-0.2, -0.15) is 0 Å². The summed E-state index contributed by atoms with van der Waals surface area (Å²) in [7, 11) is 1.67. The maximum atomic E-state index is 5.11. The highest BCUT2D eigenvalue weighted by molar-refractivity contribution is 4.90.